The molecule has 1 aromatic rings. The fourth-order valence-corrected chi connectivity index (χ4v) is 3.11. The highest BCUT2D eigenvalue weighted by atomic mass is 19.1. The van der Waals surface area contributed by atoms with E-state index in [4.69, 9.17) is 4.74 Å². The monoisotopic (exact) mass is 337 g/mol. The molecular formula is C18H24FNO4. The number of aliphatic carboxylic acids is 1. The topological polar surface area (TPSA) is 66.8 Å². The minimum Gasteiger partial charge on any atom is -0.481 e. The SMILES string of the molecule is Cc1cc(F)ccc1[C@H]1CN(C(=O)OC(C)(C)C)CC[C@@H]1C(=O)O. The van der Waals surface area contributed by atoms with Crippen LogP contribution >= 0.6 is 0 Å². The molecule has 24 heavy (non-hydrogen) atoms. The lowest BCUT2D eigenvalue weighted by Crippen LogP contribution is -2.46. The molecule has 0 aliphatic carbocycles. The van der Waals surface area contributed by atoms with Crippen LogP contribution in [-0.2, 0) is 9.53 Å². The van der Waals surface area contributed by atoms with Gasteiger partial charge in [0.2, 0.25) is 0 Å². The Morgan fingerprint density at radius 3 is 2.54 bits per heavy atom. The number of ether oxygens (including phenoxy) is 1. The Labute approximate surface area is 141 Å². The zero-order valence-electron chi connectivity index (χ0n) is 14.5. The molecule has 1 aliphatic heterocycles. The van der Waals surface area contributed by atoms with Gasteiger partial charge in [-0.2, -0.15) is 0 Å². The molecular weight excluding hydrogens is 313 g/mol. The molecule has 1 aliphatic rings. The second-order valence-corrected chi connectivity index (χ2v) is 7.27. The summed E-state index contributed by atoms with van der Waals surface area (Å²) in [5.41, 5.74) is 0.844. The average molecular weight is 337 g/mol. The van der Waals surface area contributed by atoms with Crippen LogP contribution in [0.15, 0.2) is 18.2 Å². The fourth-order valence-electron chi connectivity index (χ4n) is 3.11. The lowest BCUT2D eigenvalue weighted by Gasteiger charge is -2.38. The van der Waals surface area contributed by atoms with Crippen LogP contribution in [-0.4, -0.2) is 40.8 Å². The minimum absolute atomic E-state index is 0.248. The molecule has 1 heterocycles. The van der Waals surface area contributed by atoms with Crippen LogP contribution in [0.3, 0.4) is 0 Å². The van der Waals surface area contributed by atoms with E-state index in [9.17, 15) is 19.1 Å². The van der Waals surface area contributed by atoms with Crippen LogP contribution < -0.4 is 0 Å². The summed E-state index contributed by atoms with van der Waals surface area (Å²) in [6.07, 6.45) is -0.105. The molecule has 0 aromatic heterocycles. The standard InChI is InChI=1S/C18H24FNO4/c1-11-9-12(19)5-6-13(11)15-10-20(8-7-14(15)16(21)22)17(23)24-18(2,3)4/h5-6,9,14-15H,7-8,10H2,1-4H3,(H,21,22)/t14-,15+/m0/s1. The Morgan fingerprint density at radius 2 is 2.00 bits per heavy atom. The lowest BCUT2D eigenvalue weighted by atomic mass is 9.79. The Kier molecular flexibility index (Phi) is 5.16. The van der Waals surface area contributed by atoms with E-state index in [0.717, 1.165) is 5.56 Å². The van der Waals surface area contributed by atoms with Crippen molar-refractivity contribution < 1.29 is 23.8 Å². The smallest absolute Gasteiger partial charge is 0.410 e. The molecule has 2 atom stereocenters. The molecule has 1 fully saturated rings. The predicted octanol–water partition coefficient (Wildman–Crippen LogP) is 3.56. The van der Waals surface area contributed by atoms with Gasteiger partial charge in [-0.15, -0.1) is 0 Å². The zero-order valence-corrected chi connectivity index (χ0v) is 14.5. The van der Waals surface area contributed by atoms with Gasteiger partial charge in [-0.05, 0) is 57.4 Å². The number of nitrogens with zero attached hydrogens (tertiary/aromatic N) is 1. The van der Waals surface area contributed by atoms with Gasteiger partial charge in [-0.3, -0.25) is 4.79 Å². The van der Waals surface area contributed by atoms with Crippen LogP contribution in [0.2, 0.25) is 0 Å². The van der Waals surface area contributed by atoms with E-state index in [0.29, 0.717) is 18.5 Å². The van der Waals surface area contributed by atoms with Crippen LogP contribution in [0.25, 0.3) is 0 Å². The van der Waals surface area contributed by atoms with Gasteiger partial charge in [-0.1, -0.05) is 6.07 Å². The maximum absolute atomic E-state index is 13.4. The second-order valence-electron chi connectivity index (χ2n) is 7.27. The number of carboxylic acid groups (broad SMARTS) is 1. The van der Waals surface area contributed by atoms with E-state index < -0.39 is 23.6 Å². The van der Waals surface area contributed by atoms with Crippen molar-refractivity contribution >= 4 is 12.1 Å². The molecule has 0 radical (unpaired) electrons. The molecule has 5 nitrogen and oxygen atoms in total. The first-order valence-electron chi connectivity index (χ1n) is 8.05. The molecule has 0 bridgehead atoms. The third-order valence-electron chi connectivity index (χ3n) is 4.21. The molecule has 0 spiro atoms. The van der Waals surface area contributed by atoms with Crippen molar-refractivity contribution in [3.05, 3.63) is 35.1 Å². The summed E-state index contributed by atoms with van der Waals surface area (Å²) >= 11 is 0. The van der Waals surface area contributed by atoms with Crippen molar-refractivity contribution in [1.29, 1.82) is 0 Å². The number of carbonyl (C=O) groups excluding carboxylic acids is 1. The number of benzene rings is 1. The number of hydrogen-bond acceptors (Lipinski definition) is 3. The van der Waals surface area contributed by atoms with E-state index in [1.54, 1.807) is 33.8 Å². The predicted molar refractivity (Wildman–Crippen MR) is 87.4 cm³/mol. The summed E-state index contributed by atoms with van der Waals surface area (Å²) in [4.78, 5) is 25.5. The van der Waals surface area contributed by atoms with Crippen molar-refractivity contribution in [1.82, 2.24) is 4.90 Å². The Balaban J connectivity index is 2.27. The van der Waals surface area contributed by atoms with Gasteiger partial charge >= 0.3 is 12.1 Å². The molecule has 2 rings (SSSR count). The highest BCUT2D eigenvalue weighted by Gasteiger charge is 2.38. The largest absolute Gasteiger partial charge is 0.481 e. The van der Waals surface area contributed by atoms with Crippen LogP contribution in [0.1, 0.15) is 44.2 Å². The van der Waals surface area contributed by atoms with Gasteiger partial charge in [0.05, 0.1) is 5.92 Å². The number of aryl methyl sites for hydroxylation is 1. The number of amides is 1. The Hall–Kier alpha value is -2.11. The number of carboxylic acids is 1. The van der Waals surface area contributed by atoms with Crippen molar-refractivity contribution in [3.8, 4) is 0 Å². The Morgan fingerprint density at radius 1 is 1.33 bits per heavy atom. The van der Waals surface area contributed by atoms with E-state index in [2.05, 4.69) is 0 Å². The maximum Gasteiger partial charge on any atom is 0.410 e. The van der Waals surface area contributed by atoms with E-state index >= 15 is 0 Å². The van der Waals surface area contributed by atoms with E-state index in [1.165, 1.54) is 17.0 Å². The minimum atomic E-state index is -0.896. The second kappa shape index (κ2) is 6.79. The first-order valence-corrected chi connectivity index (χ1v) is 8.05. The van der Waals surface area contributed by atoms with Gasteiger partial charge in [0, 0.05) is 19.0 Å². The number of carbonyl (C=O) groups is 2. The first-order chi connectivity index (χ1) is 11.1. The summed E-state index contributed by atoms with van der Waals surface area (Å²) in [6.45, 7) is 7.70. The van der Waals surface area contributed by atoms with Gasteiger partial charge in [0.25, 0.3) is 0 Å². The molecule has 0 saturated carbocycles. The van der Waals surface area contributed by atoms with Gasteiger partial charge in [0.15, 0.2) is 0 Å². The van der Waals surface area contributed by atoms with Crippen molar-refractivity contribution in [3.63, 3.8) is 0 Å². The third-order valence-corrected chi connectivity index (χ3v) is 4.21. The number of hydrogen-bond donors (Lipinski definition) is 1. The first kappa shape index (κ1) is 18.2. The summed E-state index contributed by atoms with van der Waals surface area (Å²) in [7, 11) is 0. The number of halogens is 1. The van der Waals surface area contributed by atoms with E-state index in [-0.39, 0.29) is 18.3 Å². The molecule has 1 amide bonds. The van der Waals surface area contributed by atoms with Gasteiger partial charge in [0.1, 0.15) is 11.4 Å². The van der Waals surface area contributed by atoms with Crippen LogP contribution in [0.5, 0.6) is 0 Å². The number of rotatable bonds is 2. The lowest BCUT2D eigenvalue weighted by molar-refractivity contribution is -0.144. The number of likely N-dealkylation sites (tertiary alicyclic amines) is 1. The normalized spacial score (nSPS) is 21.5. The molecule has 0 unspecified atom stereocenters. The van der Waals surface area contributed by atoms with Gasteiger partial charge in [-0.25, -0.2) is 9.18 Å². The van der Waals surface area contributed by atoms with Gasteiger partial charge < -0.3 is 14.7 Å². The molecule has 1 N–H and O–H groups in total. The molecule has 1 aromatic carbocycles. The maximum atomic E-state index is 13.4. The summed E-state index contributed by atoms with van der Waals surface area (Å²) in [5.74, 6) is -2.24. The van der Waals surface area contributed by atoms with E-state index in [1.807, 2.05) is 0 Å². The van der Waals surface area contributed by atoms with Crippen molar-refractivity contribution in [2.45, 2.75) is 45.6 Å². The highest BCUT2D eigenvalue weighted by molar-refractivity contribution is 5.73. The third kappa shape index (κ3) is 4.24. The molecule has 6 heteroatoms. The van der Waals surface area contributed by atoms with Crippen molar-refractivity contribution in [2.75, 3.05) is 13.1 Å². The summed E-state index contributed by atoms with van der Waals surface area (Å²) in [5, 5.41) is 9.52. The van der Waals surface area contributed by atoms with Crippen LogP contribution in [0.4, 0.5) is 9.18 Å². The average Bonchev–Trinajstić information content (AvgIpc) is 2.44. The summed E-state index contributed by atoms with van der Waals surface area (Å²) < 4.78 is 18.7. The molecule has 1 saturated heterocycles. The van der Waals surface area contributed by atoms with Crippen LogP contribution in [0, 0.1) is 18.7 Å². The zero-order chi connectivity index (χ0) is 18.1. The molecule has 132 valence electrons. The van der Waals surface area contributed by atoms with Crippen molar-refractivity contribution in [2.24, 2.45) is 5.92 Å². The quantitative estimate of drug-likeness (QED) is 0.896. The highest BCUT2D eigenvalue weighted by Crippen LogP contribution is 2.35. The fraction of sp³-hybridized carbons (Fsp3) is 0.556. The summed E-state index contributed by atoms with van der Waals surface area (Å²) in [6, 6.07) is 4.33. The Bertz CT molecular complexity index is 638. The number of piperidine rings is 1.